The number of aromatic nitrogens is 4. The van der Waals surface area contributed by atoms with Crippen molar-refractivity contribution in [1.82, 2.24) is 19.5 Å². The number of fused-ring (bicyclic) bond motifs is 1. The van der Waals surface area contributed by atoms with Crippen LogP contribution in [-0.4, -0.2) is 48.5 Å². The van der Waals surface area contributed by atoms with E-state index in [0.717, 1.165) is 4.57 Å². The van der Waals surface area contributed by atoms with Gasteiger partial charge in [-0.2, -0.15) is 0 Å². The zero-order chi connectivity index (χ0) is 14.3. The SMILES string of the molecule is O=c1[nH]c(=O)n([C@H]2C[C@H](O)[C@@H](CO)O2)c2ncncc12. The average Bonchev–Trinajstić information content (AvgIpc) is 2.80. The van der Waals surface area contributed by atoms with Crippen LogP contribution in [0.4, 0.5) is 0 Å². The lowest BCUT2D eigenvalue weighted by Gasteiger charge is -2.15. The molecule has 0 unspecified atom stereocenters. The minimum Gasteiger partial charge on any atom is -0.394 e. The number of rotatable bonds is 2. The number of H-pyrrole nitrogens is 1. The normalized spacial score (nSPS) is 26.2. The molecule has 1 aliphatic rings. The third-order valence-electron chi connectivity index (χ3n) is 3.28. The Labute approximate surface area is 111 Å². The van der Waals surface area contributed by atoms with Gasteiger partial charge in [-0.05, 0) is 0 Å². The minimum atomic E-state index is -0.888. The van der Waals surface area contributed by atoms with Crippen LogP contribution in [0.2, 0.25) is 0 Å². The molecule has 0 aliphatic carbocycles. The Morgan fingerprint density at radius 1 is 1.50 bits per heavy atom. The second-order valence-electron chi connectivity index (χ2n) is 4.50. The topological polar surface area (TPSA) is 130 Å². The van der Waals surface area contributed by atoms with E-state index >= 15 is 0 Å². The summed E-state index contributed by atoms with van der Waals surface area (Å²) < 4.78 is 6.57. The van der Waals surface area contributed by atoms with Crippen molar-refractivity contribution >= 4 is 11.0 Å². The maximum absolute atomic E-state index is 12.0. The number of aliphatic hydroxyl groups excluding tert-OH is 2. The first-order chi connectivity index (χ1) is 9.61. The van der Waals surface area contributed by atoms with Gasteiger partial charge in [-0.3, -0.25) is 14.3 Å². The molecule has 0 spiro atoms. The molecular formula is C11H12N4O5. The van der Waals surface area contributed by atoms with Gasteiger partial charge in [0.05, 0.1) is 12.7 Å². The van der Waals surface area contributed by atoms with E-state index in [9.17, 15) is 14.7 Å². The van der Waals surface area contributed by atoms with Crippen LogP contribution in [0.25, 0.3) is 11.0 Å². The van der Waals surface area contributed by atoms with E-state index in [4.69, 9.17) is 9.84 Å². The Kier molecular flexibility index (Phi) is 3.08. The molecule has 0 amide bonds. The van der Waals surface area contributed by atoms with Crippen molar-refractivity contribution in [3.05, 3.63) is 33.4 Å². The molecule has 2 aromatic heterocycles. The largest absolute Gasteiger partial charge is 0.394 e. The average molecular weight is 280 g/mol. The van der Waals surface area contributed by atoms with Crippen molar-refractivity contribution in [3.63, 3.8) is 0 Å². The molecule has 0 bridgehead atoms. The Hall–Kier alpha value is -2.10. The Morgan fingerprint density at radius 2 is 2.30 bits per heavy atom. The third kappa shape index (κ3) is 1.92. The monoisotopic (exact) mass is 280 g/mol. The molecule has 9 nitrogen and oxygen atoms in total. The lowest BCUT2D eigenvalue weighted by Crippen LogP contribution is -2.33. The van der Waals surface area contributed by atoms with Gasteiger partial charge in [0.2, 0.25) is 0 Å². The molecule has 1 aliphatic heterocycles. The summed E-state index contributed by atoms with van der Waals surface area (Å²) in [5.41, 5.74) is -1.14. The number of hydrogen-bond donors (Lipinski definition) is 3. The Balaban J connectivity index is 2.18. The molecule has 106 valence electrons. The number of ether oxygens (including phenoxy) is 1. The van der Waals surface area contributed by atoms with Crippen LogP contribution >= 0.6 is 0 Å². The van der Waals surface area contributed by atoms with Gasteiger partial charge in [0, 0.05) is 12.6 Å². The fourth-order valence-electron chi connectivity index (χ4n) is 2.30. The van der Waals surface area contributed by atoms with Gasteiger partial charge in [-0.1, -0.05) is 0 Å². The zero-order valence-corrected chi connectivity index (χ0v) is 10.3. The molecule has 9 heteroatoms. The van der Waals surface area contributed by atoms with E-state index < -0.39 is 29.7 Å². The third-order valence-corrected chi connectivity index (χ3v) is 3.28. The van der Waals surface area contributed by atoms with Crippen molar-refractivity contribution in [2.75, 3.05) is 6.61 Å². The van der Waals surface area contributed by atoms with Gasteiger partial charge in [0.1, 0.15) is 24.0 Å². The fourth-order valence-corrected chi connectivity index (χ4v) is 2.30. The van der Waals surface area contributed by atoms with Crippen LogP contribution in [0.5, 0.6) is 0 Å². The summed E-state index contributed by atoms with van der Waals surface area (Å²) in [6, 6.07) is 0. The molecule has 1 fully saturated rings. The highest BCUT2D eigenvalue weighted by atomic mass is 16.5. The highest BCUT2D eigenvalue weighted by molar-refractivity contribution is 5.72. The molecule has 0 radical (unpaired) electrons. The summed E-state index contributed by atoms with van der Waals surface area (Å²) in [5, 5.41) is 19.0. The van der Waals surface area contributed by atoms with Gasteiger partial charge in [-0.15, -0.1) is 0 Å². The molecule has 3 N–H and O–H groups in total. The zero-order valence-electron chi connectivity index (χ0n) is 10.3. The van der Waals surface area contributed by atoms with Gasteiger partial charge in [0.25, 0.3) is 5.56 Å². The molecule has 0 aromatic carbocycles. The Bertz CT molecular complexity index is 754. The molecule has 3 atom stereocenters. The van der Waals surface area contributed by atoms with Crippen molar-refractivity contribution in [1.29, 1.82) is 0 Å². The summed E-state index contributed by atoms with van der Waals surface area (Å²) in [6.45, 7) is -0.358. The minimum absolute atomic E-state index is 0.121. The predicted octanol–water partition coefficient (Wildman–Crippen LogP) is -1.88. The van der Waals surface area contributed by atoms with Crippen LogP contribution in [-0.2, 0) is 4.74 Å². The maximum atomic E-state index is 12.0. The number of aliphatic hydroxyl groups is 2. The Morgan fingerprint density at radius 3 is 3.00 bits per heavy atom. The first-order valence-electron chi connectivity index (χ1n) is 6.00. The van der Waals surface area contributed by atoms with Crippen molar-refractivity contribution < 1.29 is 14.9 Å². The first kappa shape index (κ1) is 12.9. The number of hydrogen-bond acceptors (Lipinski definition) is 7. The van der Waals surface area contributed by atoms with Crippen LogP contribution < -0.4 is 11.2 Å². The molecule has 0 saturated carbocycles. The summed E-state index contributed by atoms with van der Waals surface area (Å²) in [7, 11) is 0. The van der Waals surface area contributed by atoms with Crippen molar-refractivity contribution in [2.45, 2.75) is 24.9 Å². The smallest absolute Gasteiger partial charge is 0.332 e. The highest BCUT2D eigenvalue weighted by Crippen LogP contribution is 2.28. The fraction of sp³-hybridized carbons (Fsp3) is 0.455. The highest BCUT2D eigenvalue weighted by Gasteiger charge is 2.36. The molecule has 20 heavy (non-hydrogen) atoms. The number of nitrogens with zero attached hydrogens (tertiary/aromatic N) is 3. The van der Waals surface area contributed by atoms with Gasteiger partial charge >= 0.3 is 5.69 Å². The molecular weight excluding hydrogens is 268 g/mol. The van der Waals surface area contributed by atoms with Gasteiger partial charge in [-0.25, -0.2) is 14.8 Å². The van der Waals surface area contributed by atoms with E-state index in [2.05, 4.69) is 15.0 Å². The van der Waals surface area contributed by atoms with E-state index in [-0.39, 0.29) is 24.1 Å². The van der Waals surface area contributed by atoms with Crippen molar-refractivity contribution in [3.8, 4) is 0 Å². The maximum Gasteiger partial charge on any atom is 0.332 e. The summed E-state index contributed by atoms with van der Waals surface area (Å²) >= 11 is 0. The van der Waals surface area contributed by atoms with Crippen LogP contribution in [0.3, 0.4) is 0 Å². The first-order valence-corrected chi connectivity index (χ1v) is 6.00. The second-order valence-corrected chi connectivity index (χ2v) is 4.50. The van der Waals surface area contributed by atoms with Gasteiger partial charge in [0.15, 0.2) is 5.65 Å². The van der Waals surface area contributed by atoms with E-state index in [0.29, 0.717) is 0 Å². The van der Waals surface area contributed by atoms with Crippen LogP contribution in [0.15, 0.2) is 22.1 Å². The predicted molar refractivity (Wildman–Crippen MR) is 66.0 cm³/mol. The summed E-state index contributed by atoms with van der Waals surface area (Å²) in [4.78, 5) is 33.5. The van der Waals surface area contributed by atoms with Crippen molar-refractivity contribution in [2.24, 2.45) is 0 Å². The van der Waals surface area contributed by atoms with E-state index in [1.54, 1.807) is 0 Å². The summed E-state index contributed by atoms with van der Waals surface area (Å²) in [5.74, 6) is 0. The summed E-state index contributed by atoms with van der Waals surface area (Å²) in [6.07, 6.45) is 0.176. The van der Waals surface area contributed by atoms with Crippen LogP contribution in [0, 0.1) is 0 Å². The number of aromatic amines is 1. The lowest BCUT2D eigenvalue weighted by molar-refractivity contribution is -0.0445. The van der Waals surface area contributed by atoms with E-state index in [1.165, 1.54) is 12.5 Å². The van der Waals surface area contributed by atoms with E-state index in [1.807, 2.05) is 0 Å². The standard InChI is InChI=1S/C11H12N4O5/c16-3-7-6(17)1-8(20-7)15-9-5(2-12-4-13-9)10(18)14-11(15)19/h2,4,6-8,16-17H,1,3H2,(H,14,18,19)/t6-,7+,8+/m0/s1. The van der Waals surface area contributed by atoms with Gasteiger partial charge < -0.3 is 14.9 Å². The molecule has 2 aromatic rings. The lowest BCUT2D eigenvalue weighted by atomic mass is 10.2. The molecule has 3 rings (SSSR count). The molecule has 1 saturated heterocycles. The molecule has 3 heterocycles. The number of nitrogens with one attached hydrogen (secondary N) is 1. The van der Waals surface area contributed by atoms with Crippen LogP contribution in [0.1, 0.15) is 12.6 Å². The quantitative estimate of drug-likeness (QED) is 0.586. The second kappa shape index (κ2) is 4.78.